The highest BCUT2D eigenvalue weighted by molar-refractivity contribution is 7.80. The molecule has 2 N–H and O–H groups in total. The van der Waals surface area contributed by atoms with Crippen LogP contribution in [0.4, 0.5) is 4.79 Å². The first-order valence-electron chi connectivity index (χ1n) is 12.8. The molecule has 2 atom stereocenters. The summed E-state index contributed by atoms with van der Waals surface area (Å²) in [6, 6.07) is 5.40. The second kappa shape index (κ2) is 16.2. The molecule has 1 aromatic rings. The zero-order valence-electron chi connectivity index (χ0n) is 23.0. The van der Waals surface area contributed by atoms with E-state index in [1.54, 1.807) is 20.8 Å². The van der Waals surface area contributed by atoms with Gasteiger partial charge in [0.05, 0.1) is 7.11 Å². The highest BCUT2D eigenvalue weighted by atomic mass is 32.1. The number of hydrogen-bond donors (Lipinski definition) is 3. The molecule has 0 radical (unpaired) electrons. The number of amides is 3. The Morgan fingerprint density at radius 3 is 2.19 bits per heavy atom. The fourth-order valence-corrected chi connectivity index (χ4v) is 3.90. The number of esters is 1. The molecule has 0 heterocycles. The summed E-state index contributed by atoms with van der Waals surface area (Å²) in [7, 11) is 1.23. The molecule has 208 valence electrons. The number of nitrogens with one attached hydrogen (secondary N) is 2. The molecule has 0 aliphatic rings. The average Bonchev–Trinajstić information content (AvgIpc) is 2.86. The number of carbonyl (C=O) groups is 4. The maximum atomic E-state index is 13.8. The molecule has 0 aliphatic heterocycles. The zero-order chi connectivity index (χ0) is 28.0. The highest BCUT2D eigenvalue weighted by Gasteiger charge is 2.35. The quantitative estimate of drug-likeness (QED) is 0.189. The molecule has 0 saturated heterocycles. The van der Waals surface area contributed by atoms with Crippen LogP contribution in [-0.2, 0) is 30.3 Å². The number of hydrogen-bond acceptors (Lipinski definition) is 7. The first-order valence-corrected chi connectivity index (χ1v) is 13.4. The van der Waals surface area contributed by atoms with Gasteiger partial charge in [0, 0.05) is 12.3 Å². The Balaban J connectivity index is 3.39. The monoisotopic (exact) mass is 537 g/mol. The molecule has 9 nitrogen and oxygen atoms in total. The van der Waals surface area contributed by atoms with Crippen molar-refractivity contribution < 1.29 is 28.7 Å². The number of alkyl carbamates (subject to hydrolysis) is 1. The van der Waals surface area contributed by atoms with Crippen molar-refractivity contribution in [2.24, 2.45) is 0 Å². The van der Waals surface area contributed by atoms with Crippen molar-refractivity contribution in [3.05, 3.63) is 35.4 Å². The Hall–Kier alpha value is -2.75. The van der Waals surface area contributed by atoms with Crippen molar-refractivity contribution in [3.63, 3.8) is 0 Å². The van der Waals surface area contributed by atoms with Gasteiger partial charge < -0.3 is 25.0 Å². The lowest BCUT2D eigenvalue weighted by Crippen LogP contribution is -2.54. The fraction of sp³-hybridized carbons (Fsp3) is 0.630. The van der Waals surface area contributed by atoms with Crippen molar-refractivity contribution >= 4 is 36.5 Å². The van der Waals surface area contributed by atoms with Crippen LogP contribution >= 0.6 is 12.6 Å². The van der Waals surface area contributed by atoms with E-state index in [0.717, 1.165) is 31.2 Å². The molecule has 1 aromatic carbocycles. The van der Waals surface area contributed by atoms with Gasteiger partial charge in [-0.2, -0.15) is 12.6 Å². The smallest absolute Gasteiger partial charge is 0.408 e. The van der Waals surface area contributed by atoms with Crippen molar-refractivity contribution in [2.75, 3.05) is 26.0 Å². The van der Waals surface area contributed by atoms with Gasteiger partial charge in [0.25, 0.3) is 0 Å². The summed E-state index contributed by atoms with van der Waals surface area (Å²) in [6.07, 6.45) is 3.61. The summed E-state index contributed by atoms with van der Waals surface area (Å²) >= 11 is 4.30. The van der Waals surface area contributed by atoms with Crippen LogP contribution in [-0.4, -0.2) is 66.4 Å². The first-order chi connectivity index (χ1) is 17.5. The third-order valence-electron chi connectivity index (χ3n) is 5.61. The van der Waals surface area contributed by atoms with Crippen LogP contribution in [0.15, 0.2) is 24.3 Å². The molecule has 0 aromatic heterocycles. The average molecular weight is 538 g/mol. The highest BCUT2D eigenvalue weighted by Crippen LogP contribution is 2.24. The van der Waals surface area contributed by atoms with Gasteiger partial charge in [-0.05, 0) is 44.7 Å². The lowest BCUT2D eigenvalue weighted by atomic mass is 10.00. The second-order valence-corrected chi connectivity index (χ2v) is 10.1. The van der Waals surface area contributed by atoms with Crippen LogP contribution < -0.4 is 10.6 Å². The van der Waals surface area contributed by atoms with Gasteiger partial charge in [-0.1, -0.05) is 57.4 Å². The summed E-state index contributed by atoms with van der Waals surface area (Å²) in [6.45, 7) is 9.25. The Labute approximate surface area is 226 Å². The molecular formula is C27H43N3O6S. The van der Waals surface area contributed by atoms with E-state index >= 15 is 0 Å². The summed E-state index contributed by atoms with van der Waals surface area (Å²) in [5.41, 5.74) is 0.933. The van der Waals surface area contributed by atoms with E-state index in [9.17, 15) is 19.2 Å². The lowest BCUT2D eigenvalue weighted by molar-refractivity contribution is -0.144. The van der Waals surface area contributed by atoms with Gasteiger partial charge >= 0.3 is 12.1 Å². The summed E-state index contributed by atoms with van der Waals surface area (Å²) in [4.78, 5) is 52.8. The number of methoxy groups -OCH3 is 1. The van der Waals surface area contributed by atoms with Gasteiger partial charge in [0.15, 0.2) is 0 Å². The standard InChI is InChI=1S/C27H43N3O6S/c1-7-9-10-11-16-30(25(33)21(18-37)29-26(34)36-27(3,4)5)23(24(32)28-17-22(31)35-6)20-14-12-19(8-2)13-15-20/h12-15,21,23,37H,7-11,16-18H2,1-6H3,(H,28,32)(H,29,34). The van der Waals surface area contributed by atoms with Crippen LogP contribution in [0.2, 0.25) is 0 Å². The summed E-state index contributed by atoms with van der Waals surface area (Å²) in [5.74, 6) is -1.58. The number of thiol groups is 1. The van der Waals surface area contributed by atoms with Crippen LogP contribution in [0.1, 0.15) is 77.5 Å². The predicted molar refractivity (Wildman–Crippen MR) is 146 cm³/mol. The largest absolute Gasteiger partial charge is 0.468 e. The zero-order valence-corrected chi connectivity index (χ0v) is 23.9. The second-order valence-electron chi connectivity index (χ2n) is 9.77. The van der Waals surface area contributed by atoms with Crippen LogP contribution in [0, 0.1) is 0 Å². The molecule has 0 aliphatic carbocycles. The molecule has 37 heavy (non-hydrogen) atoms. The van der Waals surface area contributed by atoms with E-state index in [1.165, 1.54) is 12.0 Å². The number of unbranched alkanes of at least 4 members (excludes halogenated alkanes) is 3. The number of ether oxygens (including phenoxy) is 2. The maximum Gasteiger partial charge on any atom is 0.408 e. The Bertz CT molecular complexity index is 885. The molecular weight excluding hydrogens is 494 g/mol. The van der Waals surface area contributed by atoms with E-state index in [0.29, 0.717) is 12.0 Å². The topological polar surface area (TPSA) is 114 Å². The minimum absolute atomic E-state index is 0.00874. The third kappa shape index (κ3) is 11.5. The van der Waals surface area contributed by atoms with Crippen molar-refractivity contribution in [1.29, 1.82) is 0 Å². The van der Waals surface area contributed by atoms with E-state index in [1.807, 2.05) is 31.2 Å². The minimum atomic E-state index is -1.02. The Kier molecular flexibility index (Phi) is 14.1. The molecule has 2 unspecified atom stereocenters. The fourth-order valence-electron chi connectivity index (χ4n) is 3.65. The van der Waals surface area contributed by atoms with Gasteiger partial charge in [0.1, 0.15) is 24.2 Å². The van der Waals surface area contributed by atoms with Crippen molar-refractivity contribution in [3.8, 4) is 0 Å². The summed E-state index contributed by atoms with van der Waals surface area (Å²) < 4.78 is 9.97. The predicted octanol–water partition coefficient (Wildman–Crippen LogP) is 3.81. The lowest BCUT2D eigenvalue weighted by Gasteiger charge is -2.34. The van der Waals surface area contributed by atoms with Gasteiger partial charge in [-0.3, -0.25) is 14.4 Å². The van der Waals surface area contributed by atoms with Crippen molar-refractivity contribution in [2.45, 2.75) is 84.4 Å². The number of aryl methyl sites for hydroxylation is 1. The number of rotatable bonds is 14. The molecule has 3 amide bonds. The normalized spacial score (nSPS) is 12.7. The molecule has 0 spiro atoms. The Morgan fingerprint density at radius 2 is 1.68 bits per heavy atom. The van der Waals surface area contributed by atoms with Crippen molar-refractivity contribution in [1.82, 2.24) is 15.5 Å². The van der Waals surface area contributed by atoms with E-state index < -0.39 is 41.6 Å². The summed E-state index contributed by atoms with van der Waals surface area (Å²) in [5, 5.41) is 5.18. The maximum absolute atomic E-state index is 13.8. The molecule has 0 bridgehead atoms. The third-order valence-corrected chi connectivity index (χ3v) is 5.97. The van der Waals surface area contributed by atoms with Gasteiger partial charge in [0.2, 0.25) is 11.8 Å². The Morgan fingerprint density at radius 1 is 1.03 bits per heavy atom. The molecule has 1 rings (SSSR count). The van der Waals surface area contributed by atoms with E-state index in [2.05, 4.69) is 34.9 Å². The minimum Gasteiger partial charge on any atom is -0.468 e. The van der Waals surface area contributed by atoms with E-state index in [4.69, 9.17) is 4.74 Å². The van der Waals surface area contributed by atoms with Gasteiger partial charge in [-0.25, -0.2) is 4.79 Å². The SMILES string of the molecule is CCCCCCN(C(=O)C(CS)NC(=O)OC(C)(C)C)C(C(=O)NCC(=O)OC)c1ccc(CC)cc1. The first kappa shape index (κ1) is 32.3. The van der Waals surface area contributed by atoms with Crippen LogP contribution in [0.5, 0.6) is 0 Å². The molecule has 10 heteroatoms. The van der Waals surface area contributed by atoms with E-state index in [-0.39, 0.29) is 18.8 Å². The van der Waals surface area contributed by atoms with Crippen LogP contribution in [0.25, 0.3) is 0 Å². The molecule has 0 saturated carbocycles. The number of nitrogens with zero attached hydrogens (tertiary/aromatic N) is 1. The number of carbonyl (C=O) groups excluding carboxylic acids is 4. The number of benzene rings is 1. The van der Waals surface area contributed by atoms with Gasteiger partial charge in [-0.15, -0.1) is 0 Å². The van der Waals surface area contributed by atoms with Crippen LogP contribution in [0.3, 0.4) is 0 Å². The molecule has 0 fully saturated rings.